The zero-order valence-corrected chi connectivity index (χ0v) is 9.24. The first-order chi connectivity index (χ1) is 7.27. The molecule has 1 saturated heterocycles. The summed E-state index contributed by atoms with van der Waals surface area (Å²) in [7, 11) is 0. The van der Waals surface area contributed by atoms with Crippen LogP contribution in [0.4, 0.5) is 0 Å². The van der Waals surface area contributed by atoms with Crippen molar-refractivity contribution in [1.82, 2.24) is 4.90 Å². The molecule has 3 N–H and O–H groups in total. The third kappa shape index (κ3) is 2.69. The van der Waals surface area contributed by atoms with Crippen molar-refractivity contribution in [3.8, 4) is 0 Å². The van der Waals surface area contributed by atoms with E-state index in [-0.39, 0.29) is 0 Å². The van der Waals surface area contributed by atoms with Crippen LogP contribution in [0.25, 0.3) is 0 Å². The zero-order chi connectivity index (χ0) is 10.7. The van der Waals surface area contributed by atoms with Gasteiger partial charge in [0.05, 0.1) is 18.5 Å². The molecule has 0 bridgehead atoms. The van der Waals surface area contributed by atoms with E-state index in [9.17, 15) is 0 Å². The van der Waals surface area contributed by atoms with Crippen LogP contribution >= 0.6 is 0 Å². The number of rotatable bonds is 4. The minimum Gasteiger partial charge on any atom is -0.388 e. The molecular formula is C11H21N3O. The second kappa shape index (κ2) is 4.94. The summed E-state index contributed by atoms with van der Waals surface area (Å²) in [6.45, 7) is 3.00. The van der Waals surface area contributed by atoms with E-state index in [1.54, 1.807) is 0 Å². The maximum absolute atomic E-state index is 7.19. The minimum absolute atomic E-state index is 0.311. The van der Waals surface area contributed by atoms with Crippen molar-refractivity contribution in [1.29, 1.82) is 5.41 Å². The summed E-state index contributed by atoms with van der Waals surface area (Å²) >= 11 is 0. The average Bonchev–Trinajstić information content (AvgIpc) is 2.65. The smallest absolute Gasteiger partial charge is 0.0905 e. The Kier molecular flexibility index (Phi) is 3.59. The molecule has 0 amide bonds. The van der Waals surface area contributed by atoms with Crippen LogP contribution in [0.2, 0.25) is 0 Å². The number of nitrogens with zero attached hydrogens (tertiary/aromatic N) is 1. The number of nitrogens with two attached hydrogens (primary N) is 1. The lowest BCUT2D eigenvalue weighted by molar-refractivity contribution is -0.0555. The molecule has 0 aromatic carbocycles. The summed E-state index contributed by atoms with van der Waals surface area (Å²) in [4.78, 5) is 2.53. The van der Waals surface area contributed by atoms with Gasteiger partial charge in [0.2, 0.25) is 0 Å². The third-order valence-corrected chi connectivity index (χ3v) is 3.49. The maximum atomic E-state index is 7.19. The lowest BCUT2D eigenvalue weighted by Gasteiger charge is -2.37. The number of hydrogen-bond donors (Lipinski definition) is 2. The monoisotopic (exact) mass is 211 g/mol. The van der Waals surface area contributed by atoms with Crippen LogP contribution in [0.15, 0.2) is 0 Å². The molecule has 0 spiro atoms. The summed E-state index contributed by atoms with van der Waals surface area (Å²) in [6, 6.07) is 0.644. The SMILES string of the molecule is N=C(N)CCCN1CCOC2CCCC21. The summed E-state index contributed by atoms with van der Waals surface area (Å²) in [6.07, 6.45) is 6.04. The van der Waals surface area contributed by atoms with Crippen LogP contribution in [0.5, 0.6) is 0 Å². The average molecular weight is 211 g/mol. The van der Waals surface area contributed by atoms with Crippen molar-refractivity contribution in [3.05, 3.63) is 0 Å². The number of amidine groups is 1. The van der Waals surface area contributed by atoms with Gasteiger partial charge in [0.15, 0.2) is 0 Å². The summed E-state index contributed by atoms with van der Waals surface area (Å²) in [5.74, 6) is 0.311. The number of hydrogen-bond acceptors (Lipinski definition) is 3. The second-order valence-electron chi connectivity index (χ2n) is 4.57. The maximum Gasteiger partial charge on any atom is 0.0905 e. The molecule has 1 aliphatic heterocycles. The molecule has 0 aromatic heterocycles. The highest BCUT2D eigenvalue weighted by molar-refractivity contribution is 5.76. The van der Waals surface area contributed by atoms with Crippen LogP contribution in [0.3, 0.4) is 0 Å². The molecule has 0 aromatic rings. The van der Waals surface area contributed by atoms with Gasteiger partial charge in [-0.3, -0.25) is 10.3 Å². The Morgan fingerprint density at radius 2 is 2.33 bits per heavy atom. The van der Waals surface area contributed by atoms with Gasteiger partial charge in [-0.05, 0) is 32.2 Å². The van der Waals surface area contributed by atoms with Crippen molar-refractivity contribution >= 4 is 5.84 Å². The van der Waals surface area contributed by atoms with Gasteiger partial charge in [0.1, 0.15) is 0 Å². The molecule has 86 valence electrons. The van der Waals surface area contributed by atoms with E-state index < -0.39 is 0 Å². The van der Waals surface area contributed by atoms with Crippen molar-refractivity contribution in [2.24, 2.45) is 5.73 Å². The van der Waals surface area contributed by atoms with Gasteiger partial charge in [0.25, 0.3) is 0 Å². The fourth-order valence-corrected chi connectivity index (χ4v) is 2.76. The highest BCUT2D eigenvalue weighted by Crippen LogP contribution is 2.29. The van der Waals surface area contributed by atoms with Crippen molar-refractivity contribution in [2.75, 3.05) is 19.7 Å². The number of nitrogens with one attached hydrogen (secondary N) is 1. The van der Waals surface area contributed by atoms with Crippen LogP contribution in [-0.4, -0.2) is 42.6 Å². The molecule has 4 heteroatoms. The standard InChI is InChI=1S/C11H21N3O/c12-11(13)5-2-6-14-7-8-15-10-4-1-3-9(10)14/h9-10H,1-8H2,(H3,12,13). The fraction of sp³-hybridized carbons (Fsp3) is 0.909. The Morgan fingerprint density at radius 3 is 3.13 bits per heavy atom. The Labute approximate surface area is 91.3 Å². The Morgan fingerprint density at radius 1 is 1.47 bits per heavy atom. The summed E-state index contributed by atoms with van der Waals surface area (Å²) < 4.78 is 5.75. The Bertz CT molecular complexity index is 232. The van der Waals surface area contributed by atoms with E-state index in [0.717, 1.165) is 32.5 Å². The third-order valence-electron chi connectivity index (χ3n) is 3.49. The lowest BCUT2D eigenvalue weighted by Crippen LogP contribution is -2.48. The van der Waals surface area contributed by atoms with E-state index in [1.807, 2.05) is 0 Å². The number of ether oxygens (including phenoxy) is 1. The molecule has 2 fully saturated rings. The summed E-state index contributed by atoms with van der Waals surface area (Å²) in [5, 5.41) is 7.19. The second-order valence-corrected chi connectivity index (χ2v) is 4.57. The van der Waals surface area contributed by atoms with Gasteiger partial charge >= 0.3 is 0 Å². The fourth-order valence-electron chi connectivity index (χ4n) is 2.76. The van der Waals surface area contributed by atoms with E-state index in [2.05, 4.69) is 4.90 Å². The topological polar surface area (TPSA) is 62.3 Å². The molecule has 2 rings (SSSR count). The predicted molar refractivity (Wildman–Crippen MR) is 60.1 cm³/mol. The Balaban J connectivity index is 1.77. The first-order valence-electron chi connectivity index (χ1n) is 5.96. The quantitative estimate of drug-likeness (QED) is 0.537. The number of morpholine rings is 1. The molecule has 0 radical (unpaired) electrons. The van der Waals surface area contributed by atoms with E-state index in [4.69, 9.17) is 15.9 Å². The zero-order valence-electron chi connectivity index (χ0n) is 9.24. The van der Waals surface area contributed by atoms with E-state index >= 15 is 0 Å². The van der Waals surface area contributed by atoms with Gasteiger partial charge in [-0.2, -0.15) is 0 Å². The van der Waals surface area contributed by atoms with Crippen molar-refractivity contribution in [2.45, 2.75) is 44.2 Å². The van der Waals surface area contributed by atoms with Gasteiger partial charge in [0, 0.05) is 19.0 Å². The molecule has 2 atom stereocenters. The molecule has 1 saturated carbocycles. The van der Waals surface area contributed by atoms with Gasteiger partial charge < -0.3 is 10.5 Å². The van der Waals surface area contributed by atoms with E-state index in [1.165, 1.54) is 19.3 Å². The minimum atomic E-state index is 0.311. The summed E-state index contributed by atoms with van der Waals surface area (Å²) in [5.41, 5.74) is 5.35. The van der Waals surface area contributed by atoms with Crippen LogP contribution in [-0.2, 0) is 4.74 Å². The molecule has 15 heavy (non-hydrogen) atoms. The molecular weight excluding hydrogens is 190 g/mol. The van der Waals surface area contributed by atoms with Crippen molar-refractivity contribution < 1.29 is 4.74 Å². The Hall–Kier alpha value is -0.610. The van der Waals surface area contributed by atoms with Gasteiger partial charge in [-0.1, -0.05) is 0 Å². The highest BCUT2D eigenvalue weighted by atomic mass is 16.5. The molecule has 4 nitrogen and oxygen atoms in total. The lowest BCUT2D eigenvalue weighted by atomic mass is 10.1. The van der Waals surface area contributed by atoms with Crippen LogP contribution in [0.1, 0.15) is 32.1 Å². The highest BCUT2D eigenvalue weighted by Gasteiger charge is 2.35. The first kappa shape index (κ1) is 10.9. The molecule has 2 unspecified atom stereocenters. The molecule has 2 aliphatic rings. The van der Waals surface area contributed by atoms with E-state index in [0.29, 0.717) is 18.0 Å². The normalized spacial score (nSPS) is 31.5. The van der Waals surface area contributed by atoms with Crippen LogP contribution < -0.4 is 5.73 Å². The van der Waals surface area contributed by atoms with Crippen LogP contribution in [0, 0.1) is 5.41 Å². The predicted octanol–water partition coefficient (Wildman–Crippen LogP) is 0.956. The van der Waals surface area contributed by atoms with Crippen molar-refractivity contribution in [3.63, 3.8) is 0 Å². The van der Waals surface area contributed by atoms with Gasteiger partial charge in [-0.25, -0.2) is 0 Å². The van der Waals surface area contributed by atoms with Gasteiger partial charge in [-0.15, -0.1) is 0 Å². The first-order valence-corrected chi connectivity index (χ1v) is 5.96. The molecule has 1 heterocycles. The largest absolute Gasteiger partial charge is 0.388 e. The number of fused-ring (bicyclic) bond motifs is 1. The molecule has 1 aliphatic carbocycles.